The molecule has 0 radical (unpaired) electrons. The van der Waals surface area contributed by atoms with E-state index in [1.54, 1.807) is 0 Å². The predicted octanol–water partition coefficient (Wildman–Crippen LogP) is 3.65. The Labute approximate surface area is 110 Å². The van der Waals surface area contributed by atoms with Crippen LogP contribution in [-0.4, -0.2) is 19.2 Å². The second-order valence-corrected chi connectivity index (χ2v) is 4.77. The molecule has 1 aromatic carbocycles. The molecule has 0 spiro atoms. The molecule has 1 unspecified atom stereocenters. The number of benzene rings is 1. The molecule has 4 heteroatoms. The molecule has 0 aliphatic carbocycles. The zero-order chi connectivity index (χ0) is 12.0. The number of rotatable bonds is 6. The van der Waals surface area contributed by atoms with Crippen LogP contribution in [0.25, 0.3) is 0 Å². The molecule has 0 aliphatic rings. The van der Waals surface area contributed by atoms with Crippen LogP contribution in [0.2, 0.25) is 5.02 Å². The first kappa shape index (κ1) is 13.6. The third-order valence-electron chi connectivity index (χ3n) is 1.94. The molecule has 0 aliphatic heterocycles. The molecule has 1 rings (SSSR count). The van der Waals surface area contributed by atoms with Gasteiger partial charge in [0.05, 0.1) is 5.02 Å². The maximum Gasteiger partial charge on any atom is 0.138 e. The van der Waals surface area contributed by atoms with Crippen LogP contribution in [0.4, 0.5) is 0 Å². The molecule has 88 valence electrons. The lowest BCUT2D eigenvalue weighted by molar-refractivity contribution is 0.219. The van der Waals surface area contributed by atoms with Gasteiger partial charge in [0.1, 0.15) is 11.9 Å². The first-order chi connectivity index (χ1) is 7.63. The third-order valence-corrected chi connectivity index (χ3v) is 2.73. The largest absolute Gasteiger partial charge is 0.488 e. The van der Waals surface area contributed by atoms with Gasteiger partial charge in [-0.25, -0.2) is 0 Å². The zero-order valence-corrected chi connectivity index (χ0v) is 11.5. The van der Waals surface area contributed by atoms with Gasteiger partial charge in [-0.05, 0) is 25.1 Å². The van der Waals surface area contributed by atoms with E-state index in [2.05, 4.69) is 27.8 Å². The molecule has 0 saturated heterocycles. The van der Waals surface area contributed by atoms with Crippen molar-refractivity contribution in [3.05, 3.63) is 40.3 Å². The van der Waals surface area contributed by atoms with Gasteiger partial charge >= 0.3 is 0 Å². The average Bonchev–Trinajstić information content (AvgIpc) is 2.23. The number of nitrogens with one attached hydrogen (secondary N) is 1. The Kier molecular flexibility index (Phi) is 5.88. The Hall–Kier alpha value is -0.510. The summed E-state index contributed by atoms with van der Waals surface area (Å²) in [5.41, 5.74) is 0. The minimum Gasteiger partial charge on any atom is -0.488 e. The summed E-state index contributed by atoms with van der Waals surface area (Å²) in [4.78, 5) is 0. The van der Waals surface area contributed by atoms with Crippen molar-refractivity contribution in [2.75, 3.05) is 13.1 Å². The molecule has 0 heterocycles. The highest BCUT2D eigenvalue weighted by Gasteiger charge is 2.07. The van der Waals surface area contributed by atoms with E-state index in [9.17, 15) is 0 Å². The van der Waals surface area contributed by atoms with Crippen LogP contribution in [0, 0.1) is 0 Å². The van der Waals surface area contributed by atoms with Gasteiger partial charge in [-0.3, -0.25) is 0 Å². The van der Waals surface area contributed by atoms with Gasteiger partial charge in [0.2, 0.25) is 0 Å². The molecule has 0 amide bonds. The molecule has 16 heavy (non-hydrogen) atoms. The van der Waals surface area contributed by atoms with Gasteiger partial charge in [-0.2, -0.15) is 0 Å². The van der Waals surface area contributed by atoms with Crippen LogP contribution in [0.1, 0.15) is 6.92 Å². The summed E-state index contributed by atoms with van der Waals surface area (Å²) >= 11 is 9.39. The summed E-state index contributed by atoms with van der Waals surface area (Å²) < 4.78 is 6.64. The first-order valence-corrected chi connectivity index (χ1v) is 6.24. The fourth-order valence-electron chi connectivity index (χ4n) is 1.22. The van der Waals surface area contributed by atoms with Crippen molar-refractivity contribution in [1.29, 1.82) is 0 Å². The number of hydrogen-bond donors (Lipinski definition) is 1. The van der Waals surface area contributed by atoms with Crippen molar-refractivity contribution in [1.82, 2.24) is 5.32 Å². The fraction of sp³-hybridized carbons (Fsp3) is 0.333. The Morgan fingerprint density at radius 1 is 1.62 bits per heavy atom. The number of halogens is 2. The number of ether oxygens (including phenoxy) is 1. The van der Waals surface area contributed by atoms with Crippen LogP contribution in [0.3, 0.4) is 0 Å². The molecule has 0 saturated carbocycles. The van der Waals surface area contributed by atoms with Gasteiger partial charge in [-0.1, -0.05) is 33.6 Å². The molecular weight excluding hydrogens is 289 g/mol. The summed E-state index contributed by atoms with van der Waals surface area (Å²) in [6.45, 7) is 7.17. The van der Waals surface area contributed by atoms with Gasteiger partial charge in [-0.15, -0.1) is 6.58 Å². The van der Waals surface area contributed by atoms with E-state index in [1.807, 2.05) is 31.2 Å². The van der Waals surface area contributed by atoms with Crippen molar-refractivity contribution in [2.45, 2.75) is 13.0 Å². The minimum absolute atomic E-state index is 0.0682. The summed E-state index contributed by atoms with van der Waals surface area (Å²) in [5.74, 6) is 0.706. The highest BCUT2D eigenvalue weighted by atomic mass is 79.9. The SMILES string of the molecule is C=CCNCC(C)Oc1ccc(Br)cc1Cl. The molecule has 2 nitrogen and oxygen atoms in total. The normalized spacial score (nSPS) is 12.2. The monoisotopic (exact) mass is 303 g/mol. The highest BCUT2D eigenvalue weighted by molar-refractivity contribution is 9.10. The van der Waals surface area contributed by atoms with Crippen molar-refractivity contribution >= 4 is 27.5 Å². The molecular formula is C12H15BrClNO. The van der Waals surface area contributed by atoms with Gasteiger partial charge in [0, 0.05) is 17.6 Å². The van der Waals surface area contributed by atoms with Crippen LogP contribution in [-0.2, 0) is 0 Å². The second kappa shape index (κ2) is 6.94. The van der Waals surface area contributed by atoms with Crippen LogP contribution < -0.4 is 10.1 Å². The molecule has 0 aromatic heterocycles. The maximum absolute atomic E-state index is 6.04. The fourth-order valence-corrected chi connectivity index (χ4v) is 1.94. The van der Waals surface area contributed by atoms with E-state index in [-0.39, 0.29) is 6.10 Å². The predicted molar refractivity (Wildman–Crippen MR) is 72.3 cm³/mol. The lowest BCUT2D eigenvalue weighted by atomic mass is 10.3. The number of hydrogen-bond acceptors (Lipinski definition) is 2. The van der Waals surface area contributed by atoms with E-state index in [4.69, 9.17) is 16.3 Å². The van der Waals surface area contributed by atoms with Crippen molar-refractivity contribution in [3.63, 3.8) is 0 Å². The average molecular weight is 305 g/mol. The van der Waals surface area contributed by atoms with E-state index >= 15 is 0 Å². The van der Waals surface area contributed by atoms with Gasteiger partial charge in [0.25, 0.3) is 0 Å². The summed E-state index contributed by atoms with van der Waals surface area (Å²) in [7, 11) is 0. The molecule has 1 atom stereocenters. The Morgan fingerprint density at radius 2 is 2.38 bits per heavy atom. The molecule has 0 bridgehead atoms. The third kappa shape index (κ3) is 4.56. The van der Waals surface area contributed by atoms with Crippen LogP contribution in [0.15, 0.2) is 35.3 Å². The van der Waals surface area contributed by atoms with Crippen molar-refractivity contribution in [3.8, 4) is 5.75 Å². The van der Waals surface area contributed by atoms with Crippen LogP contribution >= 0.6 is 27.5 Å². The van der Waals surface area contributed by atoms with Crippen molar-refractivity contribution in [2.24, 2.45) is 0 Å². The van der Waals surface area contributed by atoms with E-state index in [0.29, 0.717) is 10.8 Å². The van der Waals surface area contributed by atoms with Crippen LogP contribution in [0.5, 0.6) is 5.75 Å². The molecule has 1 aromatic rings. The Bertz CT molecular complexity index is 357. The molecule has 0 fully saturated rings. The summed E-state index contributed by atoms with van der Waals surface area (Å²) in [6.07, 6.45) is 1.89. The maximum atomic E-state index is 6.04. The standard InChI is InChI=1S/C12H15BrClNO/c1-3-6-15-8-9(2)16-12-5-4-10(13)7-11(12)14/h3-5,7,9,15H,1,6,8H2,2H3. The lowest BCUT2D eigenvalue weighted by Gasteiger charge is -2.16. The summed E-state index contributed by atoms with van der Waals surface area (Å²) in [5, 5.41) is 3.81. The van der Waals surface area contributed by atoms with Gasteiger partial charge in [0.15, 0.2) is 0 Å². The topological polar surface area (TPSA) is 21.3 Å². The van der Waals surface area contributed by atoms with Crippen molar-refractivity contribution < 1.29 is 4.74 Å². The Balaban J connectivity index is 2.49. The second-order valence-electron chi connectivity index (χ2n) is 3.45. The van der Waals surface area contributed by atoms with Gasteiger partial charge < -0.3 is 10.1 Å². The first-order valence-electron chi connectivity index (χ1n) is 5.07. The quantitative estimate of drug-likeness (QED) is 0.640. The Morgan fingerprint density at radius 3 is 3.00 bits per heavy atom. The van der Waals surface area contributed by atoms with E-state index < -0.39 is 0 Å². The lowest BCUT2D eigenvalue weighted by Crippen LogP contribution is -2.29. The van der Waals surface area contributed by atoms with E-state index in [1.165, 1.54) is 0 Å². The molecule has 1 N–H and O–H groups in total. The highest BCUT2D eigenvalue weighted by Crippen LogP contribution is 2.28. The minimum atomic E-state index is 0.0682. The zero-order valence-electron chi connectivity index (χ0n) is 9.17. The van der Waals surface area contributed by atoms with E-state index in [0.717, 1.165) is 17.6 Å². The summed E-state index contributed by atoms with van der Waals surface area (Å²) in [6, 6.07) is 5.59. The smallest absolute Gasteiger partial charge is 0.138 e.